The maximum Gasteiger partial charge on any atom is 0.152 e. The number of rotatable bonds is 4. The van der Waals surface area contributed by atoms with E-state index in [2.05, 4.69) is 15.3 Å². The fourth-order valence-electron chi connectivity index (χ4n) is 2.16. The number of aromatic amines is 1. The average molecular weight is 276 g/mol. The van der Waals surface area contributed by atoms with Crippen molar-refractivity contribution in [2.45, 2.75) is 13.0 Å². The molecule has 0 saturated carbocycles. The fourth-order valence-corrected chi connectivity index (χ4v) is 2.38. The lowest BCUT2D eigenvalue weighted by molar-refractivity contribution is 0.466. The van der Waals surface area contributed by atoms with Gasteiger partial charge >= 0.3 is 0 Å². The zero-order valence-corrected chi connectivity index (χ0v) is 11.2. The lowest BCUT2D eigenvalue weighted by Gasteiger charge is -2.12. The predicted molar refractivity (Wildman–Crippen MR) is 75.3 cm³/mol. The second-order valence-electron chi connectivity index (χ2n) is 4.27. The summed E-state index contributed by atoms with van der Waals surface area (Å²) >= 11 is 6.14. The predicted octanol–water partition coefficient (Wildman–Crippen LogP) is 3.51. The number of nitrogens with one attached hydrogen (secondary N) is 2. The number of nitrogens with zero attached hydrogens (tertiary/aromatic N) is 1. The normalized spacial score (nSPS) is 12.9. The van der Waals surface area contributed by atoms with Gasteiger partial charge in [-0.1, -0.05) is 30.7 Å². The zero-order chi connectivity index (χ0) is 13.2. The van der Waals surface area contributed by atoms with Crippen LogP contribution in [0.2, 0.25) is 5.02 Å². The molecule has 4 nitrogen and oxygen atoms in total. The van der Waals surface area contributed by atoms with Crippen molar-refractivity contribution in [1.29, 1.82) is 0 Å². The summed E-state index contributed by atoms with van der Waals surface area (Å²) in [5.74, 6) is 1.64. The molecule has 0 fully saturated rings. The Morgan fingerprint density at radius 3 is 3.05 bits per heavy atom. The molecule has 5 heteroatoms. The minimum atomic E-state index is -0.0940. The minimum absolute atomic E-state index is 0.0940. The van der Waals surface area contributed by atoms with Gasteiger partial charge in [0, 0.05) is 17.8 Å². The van der Waals surface area contributed by atoms with Crippen molar-refractivity contribution in [2.24, 2.45) is 0 Å². The van der Waals surface area contributed by atoms with E-state index in [1.807, 2.05) is 31.2 Å². The summed E-state index contributed by atoms with van der Waals surface area (Å²) in [5, 5.41) is 4.97. The van der Waals surface area contributed by atoms with E-state index in [1.54, 1.807) is 12.4 Å². The number of hydrogen-bond acceptors (Lipinski definition) is 3. The van der Waals surface area contributed by atoms with Gasteiger partial charge in [-0.2, -0.15) is 0 Å². The molecular weight excluding hydrogens is 262 g/mol. The van der Waals surface area contributed by atoms with Gasteiger partial charge in [0.25, 0.3) is 0 Å². The van der Waals surface area contributed by atoms with Crippen LogP contribution in [0, 0.1) is 0 Å². The summed E-state index contributed by atoms with van der Waals surface area (Å²) in [6, 6.07) is 7.63. The highest BCUT2D eigenvalue weighted by Crippen LogP contribution is 2.30. The molecule has 19 heavy (non-hydrogen) atoms. The molecule has 0 radical (unpaired) electrons. The van der Waals surface area contributed by atoms with Gasteiger partial charge in [0.1, 0.15) is 17.6 Å². The number of benzene rings is 1. The van der Waals surface area contributed by atoms with Crippen LogP contribution in [0.15, 0.2) is 41.1 Å². The monoisotopic (exact) mass is 275 g/mol. The van der Waals surface area contributed by atoms with Gasteiger partial charge in [-0.05, 0) is 18.7 Å². The molecule has 1 atom stereocenters. The van der Waals surface area contributed by atoms with Crippen LogP contribution in [0.1, 0.15) is 24.6 Å². The second-order valence-corrected chi connectivity index (χ2v) is 4.68. The van der Waals surface area contributed by atoms with Crippen molar-refractivity contribution in [3.63, 3.8) is 0 Å². The Morgan fingerprint density at radius 1 is 1.47 bits per heavy atom. The van der Waals surface area contributed by atoms with Gasteiger partial charge in [0.05, 0.1) is 5.02 Å². The number of furan rings is 1. The first kappa shape index (κ1) is 12.3. The first-order chi connectivity index (χ1) is 9.29. The van der Waals surface area contributed by atoms with E-state index in [0.29, 0.717) is 10.6 Å². The Balaban J connectivity index is 2.08. The van der Waals surface area contributed by atoms with Crippen molar-refractivity contribution in [3.05, 3.63) is 53.3 Å². The molecule has 0 spiro atoms. The Hall–Kier alpha value is -1.78. The molecule has 1 unspecified atom stereocenters. The Labute approximate surface area is 115 Å². The summed E-state index contributed by atoms with van der Waals surface area (Å²) in [6.45, 7) is 2.86. The lowest BCUT2D eigenvalue weighted by atomic mass is 10.2. The van der Waals surface area contributed by atoms with Crippen LogP contribution in [0.5, 0.6) is 0 Å². The summed E-state index contributed by atoms with van der Waals surface area (Å²) in [7, 11) is 0. The molecule has 0 aliphatic carbocycles. The number of aromatic nitrogens is 2. The number of fused-ring (bicyclic) bond motifs is 1. The van der Waals surface area contributed by atoms with Crippen LogP contribution in [-0.4, -0.2) is 16.5 Å². The highest BCUT2D eigenvalue weighted by molar-refractivity contribution is 6.34. The molecule has 0 saturated heterocycles. The van der Waals surface area contributed by atoms with Crippen molar-refractivity contribution in [2.75, 3.05) is 6.54 Å². The smallest absolute Gasteiger partial charge is 0.152 e. The summed E-state index contributed by atoms with van der Waals surface area (Å²) < 4.78 is 5.88. The third kappa shape index (κ3) is 2.25. The molecular formula is C14H14ClN3O. The first-order valence-electron chi connectivity index (χ1n) is 6.20. The van der Waals surface area contributed by atoms with Gasteiger partial charge in [-0.25, -0.2) is 4.98 Å². The minimum Gasteiger partial charge on any atom is -0.457 e. The molecule has 0 aliphatic heterocycles. The quantitative estimate of drug-likeness (QED) is 0.766. The van der Waals surface area contributed by atoms with Crippen LogP contribution in [0.3, 0.4) is 0 Å². The molecule has 2 heterocycles. The van der Waals surface area contributed by atoms with Crippen molar-refractivity contribution in [3.8, 4) is 0 Å². The van der Waals surface area contributed by atoms with E-state index in [-0.39, 0.29) is 6.04 Å². The number of para-hydroxylation sites is 1. The van der Waals surface area contributed by atoms with Crippen LogP contribution in [0.4, 0.5) is 0 Å². The number of H-pyrrole nitrogens is 1. The molecule has 0 amide bonds. The van der Waals surface area contributed by atoms with Gasteiger partial charge in [-0.15, -0.1) is 0 Å². The van der Waals surface area contributed by atoms with Gasteiger partial charge in [-0.3, -0.25) is 0 Å². The van der Waals surface area contributed by atoms with Crippen molar-refractivity contribution in [1.82, 2.24) is 15.3 Å². The molecule has 3 rings (SSSR count). The number of hydrogen-bond donors (Lipinski definition) is 2. The van der Waals surface area contributed by atoms with Gasteiger partial charge < -0.3 is 14.7 Å². The standard InChI is InChI=1S/C14H14ClN3O/c1-2-16-12(14-17-6-7-18-14)11-8-9-4-3-5-10(15)13(9)19-11/h3-8,12,16H,2H2,1H3,(H,17,18). The fraction of sp³-hybridized carbons (Fsp3) is 0.214. The lowest BCUT2D eigenvalue weighted by Crippen LogP contribution is -2.22. The van der Waals surface area contributed by atoms with E-state index >= 15 is 0 Å². The highest BCUT2D eigenvalue weighted by Gasteiger charge is 2.20. The molecule has 2 N–H and O–H groups in total. The Morgan fingerprint density at radius 2 is 2.37 bits per heavy atom. The summed E-state index contributed by atoms with van der Waals surface area (Å²) in [4.78, 5) is 7.41. The second kappa shape index (κ2) is 5.07. The molecule has 2 aromatic heterocycles. The third-order valence-electron chi connectivity index (χ3n) is 3.00. The Bertz CT molecular complexity index is 675. The third-order valence-corrected chi connectivity index (χ3v) is 3.30. The molecule has 98 valence electrons. The molecule has 1 aromatic carbocycles. The van der Waals surface area contributed by atoms with E-state index in [9.17, 15) is 0 Å². The largest absolute Gasteiger partial charge is 0.457 e. The van der Waals surface area contributed by atoms with Crippen molar-refractivity contribution < 1.29 is 4.42 Å². The summed E-state index contributed by atoms with van der Waals surface area (Å²) in [6.07, 6.45) is 3.53. The van der Waals surface area contributed by atoms with E-state index in [0.717, 1.165) is 23.5 Å². The molecule has 0 aliphatic rings. The van der Waals surface area contributed by atoms with E-state index < -0.39 is 0 Å². The number of imidazole rings is 1. The number of halogens is 1. The topological polar surface area (TPSA) is 53.9 Å². The molecule has 0 bridgehead atoms. The Kier molecular flexibility index (Phi) is 3.27. The maximum absolute atomic E-state index is 6.14. The summed E-state index contributed by atoms with van der Waals surface area (Å²) in [5.41, 5.74) is 0.716. The van der Waals surface area contributed by atoms with Crippen LogP contribution >= 0.6 is 11.6 Å². The van der Waals surface area contributed by atoms with Gasteiger partial charge in [0.2, 0.25) is 0 Å². The van der Waals surface area contributed by atoms with Gasteiger partial charge in [0.15, 0.2) is 5.58 Å². The highest BCUT2D eigenvalue weighted by atomic mass is 35.5. The van der Waals surface area contributed by atoms with Crippen LogP contribution in [0.25, 0.3) is 11.0 Å². The first-order valence-corrected chi connectivity index (χ1v) is 6.58. The van der Waals surface area contributed by atoms with Crippen LogP contribution in [-0.2, 0) is 0 Å². The van der Waals surface area contributed by atoms with Crippen molar-refractivity contribution >= 4 is 22.6 Å². The molecule has 3 aromatic rings. The van der Waals surface area contributed by atoms with E-state index in [4.69, 9.17) is 16.0 Å². The zero-order valence-electron chi connectivity index (χ0n) is 10.5. The van der Waals surface area contributed by atoms with Crippen LogP contribution < -0.4 is 5.32 Å². The SMILES string of the molecule is CCNC(c1ncc[nH]1)c1cc2cccc(Cl)c2o1. The maximum atomic E-state index is 6.14. The van der Waals surface area contributed by atoms with E-state index in [1.165, 1.54) is 0 Å². The average Bonchev–Trinajstić information content (AvgIpc) is 3.05.